The van der Waals surface area contributed by atoms with Crippen LogP contribution < -0.4 is 10.6 Å². The van der Waals surface area contributed by atoms with Gasteiger partial charge in [-0.1, -0.05) is 13.3 Å². The third-order valence-electron chi connectivity index (χ3n) is 3.63. The molecular weight excluding hydrogens is 224 g/mol. The fourth-order valence-corrected chi connectivity index (χ4v) is 2.70. The van der Waals surface area contributed by atoms with Crippen molar-refractivity contribution < 1.29 is 0 Å². The van der Waals surface area contributed by atoms with E-state index in [4.69, 9.17) is 5.73 Å². The summed E-state index contributed by atoms with van der Waals surface area (Å²) in [5.74, 6) is 1.82. The van der Waals surface area contributed by atoms with Crippen molar-refractivity contribution in [2.24, 2.45) is 11.7 Å². The highest BCUT2D eigenvalue weighted by Gasteiger charge is 2.20. The second kappa shape index (κ2) is 6.69. The van der Waals surface area contributed by atoms with Crippen LogP contribution in [0.5, 0.6) is 0 Å². The molecule has 1 aromatic rings. The van der Waals surface area contributed by atoms with Gasteiger partial charge in [-0.25, -0.2) is 9.97 Å². The van der Waals surface area contributed by atoms with Crippen molar-refractivity contribution in [2.75, 3.05) is 24.5 Å². The van der Waals surface area contributed by atoms with Gasteiger partial charge in [-0.05, 0) is 38.1 Å². The van der Waals surface area contributed by atoms with E-state index in [0.29, 0.717) is 0 Å². The van der Waals surface area contributed by atoms with Crippen molar-refractivity contribution in [1.29, 1.82) is 0 Å². The van der Waals surface area contributed by atoms with Crippen molar-refractivity contribution >= 4 is 5.82 Å². The molecule has 0 aromatic carbocycles. The topological polar surface area (TPSA) is 55.0 Å². The van der Waals surface area contributed by atoms with Gasteiger partial charge in [0.15, 0.2) is 0 Å². The van der Waals surface area contributed by atoms with Gasteiger partial charge in [0.05, 0.1) is 0 Å². The lowest BCUT2D eigenvalue weighted by molar-refractivity contribution is 0.394. The van der Waals surface area contributed by atoms with Crippen LogP contribution in [0.3, 0.4) is 0 Å². The first-order chi connectivity index (χ1) is 8.83. The van der Waals surface area contributed by atoms with E-state index in [0.717, 1.165) is 56.3 Å². The number of anilines is 1. The number of aromatic nitrogens is 2. The van der Waals surface area contributed by atoms with Crippen LogP contribution in [-0.4, -0.2) is 29.6 Å². The van der Waals surface area contributed by atoms with Gasteiger partial charge < -0.3 is 10.6 Å². The van der Waals surface area contributed by atoms with E-state index in [9.17, 15) is 0 Å². The molecule has 2 N–H and O–H groups in total. The molecule has 4 heteroatoms. The molecule has 1 aliphatic heterocycles. The molecule has 0 aliphatic carbocycles. The Labute approximate surface area is 110 Å². The summed E-state index contributed by atoms with van der Waals surface area (Å²) >= 11 is 0. The minimum atomic E-state index is 0.730. The summed E-state index contributed by atoms with van der Waals surface area (Å²) in [5.41, 5.74) is 6.82. The van der Waals surface area contributed by atoms with Gasteiger partial charge >= 0.3 is 0 Å². The zero-order valence-corrected chi connectivity index (χ0v) is 11.3. The first-order valence-corrected chi connectivity index (χ1v) is 7.09. The van der Waals surface area contributed by atoms with Crippen LogP contribution in [0.2, 0.25) is 0 Å². The molecule has 0 saturated carbocycles. The Morgan fingerprint density at radius 3 is 3.11 bits per heavy atom. The molecule has 1 fully saturated rings. The molecule has 1 atom stereocenters. The van der Waals surface area contributed by atoms with Gasteiger partial charge in [-0.3, -0.25) is 0 Å². The van der Waals surface area contributed by atoms with Gasteiger partial charge in [0.1, 0.15) is 12.1 Å². The van der Waals surface area contributed by atoms with Crippen molar-refractivity contribution in [3.8, 4) is 0 Å². The van der Waals surface area contributed by atoms with E-state index in [1.54, 1.807) is 6.33 Å². The molecule has 0 amide bonds. The van der Waals surface area contributed by atoms with Crippen LogP contribution >= 0.6 is 0 Å². The molecule has 100 valence electrons. The van der Waals surface area contributed by atoms with Crippen LogP contribution in [0.25, 0.3) is 0 Å². The van der Waals surface area contributed by atoms with Crippen LogP contribution in [0.15, 0.2) is 12.4 Å². The lowest BCUT2D eigenvalue weighted by atomic mass is 9.95. The van der Waals surface area contributed by atoms with E-state index in [1.807, 2.05) is 0 Å². The highest BCUT2D eigenvalue weighted by atomic mass is 15.2. The summed E-state index contributed by atoms with van der Waals surface area (Å²) in [7, 11) is 0. The highest BCUT2D eigenvalue weighted by molar-refractivity contribution is 5.39. The monoisotopic (exact) mass is 248 g/mol. The van der Waals surface area contributed by atoms with E-state index in [1.165, 1.54) is 12.8 Å². The summed E-state index contributed by atoms with van der Waals surface area (Å²) in [6.45, 7) is 5.19. The van der Waals surface area contributed by atoms with Gasteiger partial charge in [0.25, 0.3) is 0 Å². The fourth-order valence-electron chi connectivity index (χ4n) is 2.70. The van der Waals surface area contributed by atoms with Gasteiger partial charge in [-0.2, -0.15) is 0 Å². The van der Waals surface area contributed by atoms with Gasteiger partial charge in [-0.15, -0.1) is 0 Å². The maximum atomic E-state index is 5.66. The van der Waals surface area contributed by atoms with Crippen LogP contribution in [0.4, 0.5) is 5.82 Å². The van der Waals surface area contributed by atoms with Crippen molar-refractivity contribution in [2.45, 2.75) is 39.0 Å². The molecule has 0 spiro atoms. The molecule has 1 unspecified atom stereocenters. The maximum absolute atomic E-state index is 5.66. The summed E-state index contributed by atoms with van der Waals surface area (Å²) in [6, 6.07) is 2.15. The van der Waals surface area contributed by atoms with Crippen molar-refractivity contribution in [3.05, 3.63) is 18.1 Å². The van der Waals surface area contributed by atoms with Crippen LogP contribution in [0.1, 0.15) is 38.3 Å². The first kappa shape index (κ1) is 13.3. The van der Waals surface area contributed by atoms with Crippen molar-refractivity contribution in [3.63, 3.8) is 0 Å². The minimum Gasteiger partial charge on any atom is -0.356 e. The largest absolute Gasteiger partial charge is 0.356 e. The average Bonchev–Trinajstić information content (AvgIpc) is 2.40. The number of hydrogen-bond donors (Lipinski definition) is 1. The van der Waals surface area contributed by atoms with Crippen molar-refractivity contribution in [1.82, 2.24) is 9.97 Å². The molecule has 2 heterocycles. The number of nitrogens with zero attached hydrogens (tertiary/aromatic N) is 3. The normalized spacial score (nSPS) is 20.1. The number of nitrogens with two attached hydrogens (primary N) is 1. The van der Waals surface area contributed by atoms with E-state index >= 15 is 0 Å². The third kappa shape index (κ3) is 3.42. The fraction of sp³-hybridized carbons (Fsp3) is 0.714. The summed E-state index contributed by atoms with van der Waals surface area (Å²) in [5, 5.41) is 0. The van der Waals surface area contributed by atoms with Crippen LogP contribution in [0, 0.1) is 5.92 Å². The lowest BCUT2D eigenvalue weighted by Gasteiger charge is -2.33. The quantitative estimate of drug-likeness (QED) is 0.866. The Hall–Kier alpha value is -1.16. The number of aryl methyl sites for hydroxylation is 1. The zero-order valence-electron chi connectivity index (χ0n) is 11.3. The zero-order chi connectivity index (χ0) is 12.8. The molecule has 18 heavy (non-hydrogen) atoms. The smallest absolute Gasteiger partial charge is 0.132 e. The van der Waals surface area contributed by atoms with Gasteiger partial charge in [0, 0.05) is 24.8 Å². The highest BCUT2D eigenvalue weighted by Crippen LogP contribution is 2.23. The molecule has 1 saturated heterocycles. The number of rotatable bonds is 5. The summed E-state index contributed by atoms with van der Waals surface area (Å²) in [4.78, 5) is 11.1. The van der Waals surface area contributed by atoms with E-state index in [2.05, 4.69) is 27.9 Å². The Bertz CT molecular complexity index is 365. The maximum Gasteiger partial charge on any atom is 0.132 e. The molecule has 2 rings (SSSR count). The Morgan fingerprint density at radius 1 is 1.44 bits per heavy atom. The average molecular weight is 248 g/mol. The predicted molar refractivity (Wildman–Crippen MR) is 74.6 cm³/mol. The molecule has 1 aromatic heterocycles. The Kier molecular flexibility index (Phi) is 4.93. The second-order valence-electron chi connectivity index (χ2n) is 5.15. The third-order valence-corrected chi connectivity index (χ3v) is 3.63. The van der Waals surface area contributed by atoms with E-state index < -0.39 is 0 Å². The summed E-state index contributed by atoms with van der Waals surface area (Å²) in [6.07, 6.45) is 7.55. The Balaban J connectivity index is 2.03. The SMILES string of the molecule is CCCc1cc(N2CCCC(CCN)C2)ncn1. The molecular formula is C14H24N4. The number of piperidine rings is 1. The molecule has 0 bridgehead atoms. The van der Waals surface area contributed by atoms with Gasteiger partial charge in [0.2, 0.25) is 0 Å². The first-order valence-electron chi connectivity index (χ1n) is 7.09. The predicted octanol–water partition coefficient (Wildman–Crippen LogP) is 1.99. The lowest BCUT2D eigenvalue weighted by Crippen LogP contribution is -2.36. The summed E-state index contributed by atoms with van der Waals surface area (Å²) < 4.78 is 0. The standard InChI is InChI=1S/C14H24N4/c1-2-4-13-9-14(17-11-16-13)18-8-3-5-12(10-18)6-7-15/h9,11-12H,2-8,10,15H2,1H3. The molecule has 1 aliphatic rings. The van der Waals surface area contributed by atoms with E-state index in [-0.39, 0.29) is 0 Å². The minimum absolute atomic E-state index is 0.730. The number of hydrogen-bond acceptors (Lipinski definition) is 4. The molecule has 0 radical (unpaired) electrons. The molecule has 4 nitrogen and oxygen atoms in total. The van der Waals surface area contributed by atoms with Crippen LogP contribution in [-0.2, 0) is 6.42 Å². The Morgan fingerprint density at radius 2 is 2.33 bits per heavy atom. The second-order valence-corrected chi connectivity index (χ2v) is 5.15.